The Kier molecular flexibility index (Phi) is 1.78. The summed E-state index contributed by atoms with van der Waals surface area (Å²) in [5.41, 5.74) is 0. The van der Waals surface area contributed by atoms with Crippen LogP contribution < -0.4 is 4.90 Å². The molecule has 3 heteroatoms. The lowest BCUT2D eigenvalue weighted by molar-refractivity contribution is -0.117. The molecule has 0 atom stereocenters. The van der Waals surface area contributed by atoms with Crippen LogP contribution in [0.5, 0.6) is 0 Å². The Morgan fingerprint density at radius 2 is 2.50 bits per heavy atom. The zero-order valence-electron chi connectivity index (χ0n) is 6.66. The third kappa shape index (κ3) is 1.18. The number of rotatable bonds is 1. The minimum atomic E-state index is 0.175. The topological polar surface area (TPSA) is 33.2 Å². The Hall–Kier alpha value is -1.38. The van der Waals surface area contributed by atoms with Gasteiger partial charge in [-0.05, 0) is 18.6 Å². The molecule has 1 amide bonds. The summed E-state index contributed by atoms with van der Waals surface area (Å²) in [4.78, 5) is 17.0. The number of amides is 1. The molecule has 2 heterocycles. The van der Waals surface area contributed by atoms with Gasteiger partial charge in [0.2, 0.25) is 5.91 Å². The second kappa shape index (κ2) is 2.93. The van der Waals surface area contributed by atoms with Crippen molar-refractivity contribution in [2.24, 2.45) is 0 Å². The Morgan fingerprint density at radius 3 is 3.08 bits per heavy atom. The molecular formula is C9H9N2O. The van der Waals surface area contributed by atoms with Gasteiger partial charge in [-0.1, -0.05) is 0 Å². The summed E-state index contributed by atoms with van der Waals surface area (Å²) in [6, 6.07) is 6.40. The first-order chi connectivity index (χ1) is 5.88. The predicted octanol–water partition coefficient (Wildman–Crippen LogP) is 1.01. The Bertz CT molecular complexity index is 284. The van der Waals surface area contributed by atoms with Gasteiger partial charge in [0.1, 0.15) is 5.82 Å². The molecule has 1 saturated heterocycles. The van der Waals surface area contributed by atoms with Crippen molar-refractivity contribution in [2.75, 3.05) is 11.4 Å². The molecule has 1 fully saturated rings. The van der Waals surface area contributed by atoms with E-state index in [4.69, 9.17) is 0 Å². The van der Waals surface area contributed by atoms with E-state index in [2.05, 4.69) is 11.1 Å². The maximum absolute atomic E-state index is 11.3. The standard InChI is InChI=1S/C9H9N2O/c12-9-5-3-7-11(9)8-4-1-2-6-10-8/h1,4,6H,3,5,7H2. The Balaban J connectivity index is 2.25. The minimum absolute atomic E-state index is 0.175. The molecule has 0 N–H and O–H groups in total. The normalized spacial score (nSPS) is 17.0. The highest BCUT2D eigenvalue weighted by molar-refractivity contribution is 5.94. The first-order valence-corrected chi connectivity index (χ1v) is 4.00. The van der Waals surface area contributed by atoms with Gasteiger partial charge in [-0.15, -0.1) is 0 Å². The van der Waals surface area contributed by atoms with Crippen molar-refractivity contribution in [3.05, 3.63) is 24.4 Å². The fourth-order valence-electron chi connectivity index (χ4n) is 1.36. The van der Waals surface area contributed by atoms with E-state index in [9.17, 15) is 4.79 Å². The molecule has 1 aromatic heterocycles. The molecule has 61 valence electrons. The van der Waals surface area contributed by atoms with E-state index in [-0.39, 0.29) is 5.91 Å². The van der Waals surface area contributed by atoms with Gasteiger partial charge in [-0.3, -0.25) is 9.69 Å². The van der Waals surface area contributed by atoms with Crippen LogP contribution in [0, 0.1) is 6.07 Å². The highest BCUT2D eigenvalue weighted by Gasteiger charge is 2.21. The van der Waals surface area contributed by atoms with Crippen LogP contribution in [0.2, 0.25) is 0 Å². The summed E-state index contributed by atoms with van der Waals surface area (Å²) < 4.78 is 0. The van der Waals surface area contributed by atoms with Crippen molar-refractivity contribution in [3.63, 3.8) is 0 Å². The van der Waals surface area contributed by atoms with Crippen molar-refractivity contribution >= 4 is 11.7 Å². The molecule has 0 spiro atoms. The summed E-state index contributed by atoms with van der Waals surface area (Å²) in [5.74, 6) is 0.921. The molecule has 2 rings (SSSR count). The van der Waals surface area contributed by atoms with E-state index in [1.54, 1.807) is 17.2 Å². The molecule has 12 heavy (non-hydrogen) atoms. The Morgan fingerprint density at radius 1 is 1.58 bits per heavy atom. The summed E-state index contributed by atoms with van der Waals surface area (Å²) >= 11 is 0. The van der Waals surface area contributed by atoms with Crippen LogP contribution in [-0.4, -0.2) is 17.4 Å². The van der Waals surface area contributed by atoms with Gasteiger partial charge in [0.25, 0.3) is 0 Å². The lowest BCUT2D eigenvalue weighted by Crippen LogP contribution is -2.24. The first kappa shape index (κ1) is 7.28. The molecule has 0 unspecified atom stereocenters. The highest BCUT2D eigenvalue weighted by Crippen LogP contribution is 2.17. The van der Waals surface area contributed by atoms with E-state index in [0.717, 1.165) is 18.8 Å². The van der Waals surface area contributed by atoms with E-state index >= 15 is 0 Å². The second-order valence-corrected chi connectivity index (χ2v) is 2.77. The SMILES string of the molecule is O=C1CCCN1c1cc[c]cn1. The van der Waals surface area contributed by atoms with Crippen LogP contribution in [0.3, 0.4) is 0 Å². The summed E-state index contributed by atoms with van der Waals surface area (Å²) in [7, 11) is 0. The number of nitrogens with zero attached hydrogens (tertiary/aromatic N) is 2. The van der Waals surface area contributed by atoms with E-state index in [0.29, 0.717) is 6.42 Å². The third-order valence-corrected chi connectivity index (χ3v) is 1.95. The van der Waals surface area contributed by atoms with Gasteiger partial charge in [-0.2, -0.15) is 0 Å². The molecule has 0 aliphatic carbocycles. The fourth-order valence-corrected chi connectivity index (χ4v) is 1.36. The number of aromatic nitrogens is 1. The van der Waals surface area contributed by atoms with Crippen LogP contribution >= 0.6 is 0 Å². The van der Waals surface area contributed by atoms with Crippen molar-refractivity contribution in [1.82, 2.24) is 4.98 Å². The van der Waals surface area contributed by atoms with Crippen LogP contribution in [-0.2, 0) is 4.79 Å². The second-order valence-electron chi connectivity index (χ2n) is 2.77. The lowest BCUT2D eigenvalue weighted by Gasteiger charge is -2.12. The average Bonchev–Trinajstić information content (AvgIpc) is 2.53. The zero-order chi connectivity index (χ0) is 8.39. The zero-order valence-corrected chi connectivity index (χ0v) is 6.66. The average molecular weight is 161 g/mol. The number of hydrogen-bond donors (Lipinski definition) is 0. The van der Waals surface area contributed by atoms with E-state index in [1.165, 1.54) is 0 Å². The number of pyridine rings is 1. The minimum Gasteiger partial charge on any atom is -0.297 e. The van der Waals surface area contributed by atoms with Gasteiger partial charge in [0, 0.05) is 25.2 Å². The van der Waals surface area contributed by atoms with E-state index < -0.39 is 0 Å². The Labute approximate surface area is 71.0 Å². The van der Waals surface area contributed by atoms with Crippen LogP contribution in [0.4, 0.5) is 5.82 Å². The molecule has 1 aromatic rings. The molecule has 1 aliphatic rings. The van der Waals surface area contributed by atoms with Crippen molar-refractivity contribution in [3.8, 4) is 0 Å². The van der Waals surface area contributed by atoms with Crippen LogP contribution in [0.1, 0.15) is 12.8 Å². The molecular weight excluding hydrogens is 152 g/mol. The number of carbonyl (C=O) groups is 1. The van der Waals surface area contributed by atoms with E-state index in [1.807, 2.05) is 6.07 Å². The summed E-state index contributed by atoms with van der Waals surface area (Å²) in [6.07, 6.45) is 3.18. The summed E-state index contributed by atoms with van der Waals surface area (Å²) in [5, 5.41) is 0. The quantitative estimate of drug-likeness (QED) is 0.615. The molecule has 0 bridgehead atoms. The smallest absolute Gasteiger partial charge is 0.228 e. The molecule has 0 saturated carbocycles. The van der Waals surface area contributed by atoms with Gasteiger partial charge in [0.05, 0.1) is 0 Å². The van der Waals surface area contributed by atoms with Crippen molar-refractivity contribution in [1.29, 1.82) is 0 Å². The first-order valence-electron chi connectivity index (χ1n) is 4.00. The third-order valence-electron chi connectivity index (χ3n) is 1.95. The van der Waals surface area contributed by atoms with Crippen LogP contribution in [0.25, 0.3) is 0 Å². The van der Waals surface area contributed by atoms with Gasteiger partial charge in [0.15, 0.2) is 0 Å². The molecule has 1 radical (unpaired) electrons. The van der Waals surface area contributed by atoms with Gasteiger partial charge < -0.3 is 0 Å². The highest BCUT2D eigenvalue weighted by atomic mass is 16.2. The van der Waals surface area contributed by atoms with Crippen molar-refractivity contribution < 1.29 is 4.79 Å². The van der Waals surface area contributed by atoms with Gasteiger partial charge in [-0.25, -0.2) is 4.98 Å². The van der Waals surface area contributed by atoms with Crippen molar-refractivity contribution in [2.45, 2.75) is 12.8 Å². The number of carbonyl (C=O) groups excluding carboxylic acids is 1. The monoisotopic (exact) mass is 161 g/mol. The maximum Gasteiger partial charge on any atom is 0.228 e. The largest absolute Gasteiger partial charge is 0.297 e. The predicted molar refractivity (Wildman–Crippen MR) is 44.7 cm³/mol. The molecule has 0 aromatic carbocycles. The maximum atomic E-state index is 11.3. The number of hydrogen-bond acceptors (Lipinski definition) is 2. The van der Waals surface area contributed by atoms with Gasteiger partial charge >= 0.3 is 0 Å². The fraction of sp³-hybridized carbons (Fsp3) is 0.333. The lowest BCUT2D eigenvalue weighted by atomic mass is 10.4. The summed E-state index contributed by atoms with van der Waals surface area (Å²) in [6.45, 7) is 0.801. The number of anilines is 1. The molecule has 1 aliphatic heterocycles. The molecule has 3 nitrogen and oxygen atoms in total. The van der Waals surface area contributed by atoms with Crippen LogP contribution in [0.15, 0.2) is 18.3 Å².